The van der Waals surface area contributed by atoms with Crippen LogP contribution in [0.2, 0.25) is 0 Å². The number of carbonyl (C=O) groups is 1. The molecular formula is C22H20FN3O2. The fraction of sp³-hybridized carbons (Fsp3) is 0.182. The lowest BCUT2D eigenvalue weighted by Crippen LogP contribution is -2.39. The van der Waals surface area contributed by atoms with Gasteiger partial charge < -0.3 is 9.64 Å². The van der Waals surface area contributed by atoms with Crippen LogP contribution in [0.5, 0.6) is 0 Å². The number of aromatic nitrogens is 2. The van der Waals surface area contributed by atoms with Gasteiger partial charge in [0.2, 0.25) is 5.91 Å². The summed E-state index contributed by atoms with van der Waals surface area (Å²) < 4.78 is 20.4. The number of benzene rings is 2. The van der Waals surface area contributed by atoms with Crippen LogP contribution in [0.1, 0.15) is 5.56 Å². The zero-order valence-corrected chi connectivity index (χ0v) is 15.3. The van der Waals surface area contributed by atoms with E-state index in [2.05, 4.69) is 5.10 Å². The van der Waals surface area contributed by atoms with Crippen molar-refractivity contribution in [2.45, 2.75) is 0 Å². The lowest BCUT2D eigenvalue weighted by molar-refractivity contribution is -0.129. The van der Waals surface area contributed by atoms with E-state index in [-0.39, 0.29) is 11.7 Å². The average molecular weight is 377 g/mol. The molecule has 1 aromatic heterocycles. The molecule has 142 valence electrons. The Morgan fingerprint density at radius 1 is 1.04 bits per heavy atom. The molecule has 28 heavy (non-hydrogen) atoms. The maximum absolute atomic E-state index is 13.3. The van der Waals surface area contributed by atoms with Gasteiger partial charge in [-0.25, -0.2) is 9.07 Å². The first kappa shape index (κ1) is 18.1. The molecule has 0 radical (unpaired) electrons. The molecule has 0 spiro atoms. The summed E-state index contributed by atoms with van der Waals surface area (Å²) in [5.41, 5.74) is 3.17. The minimum atomic E-state index is -0.300. The minimum absolute atomic E-state index is 0.0548. The molecule has 2 aromatic carbocycles. The van der Waals surface area contributed by atoms with Crippen molar-refractivity contribution in [3.8, 4) is 16.9 Å². The fourth-order valence-corrected chi connectivity index (χ4v) is 3.10. The number of halogens is 1. The molecule has 0 unspecified atom stereocenters. The summed E-state index contributed by atoms with van der Waals surface area (Å²) in [7, 11) is 0. The molecular weight excluding hydrogens is 357 g/mol. The Balaban J connectivity index is 1.67. The van der Waals surface area contributed by atoms with Gasteiger partial charge in [0, 0.05) is 36.5 Å². The van der Waals surface area contributed by atoms with Gasteiger partial charge in [-0.15, -0.1) is 0 Å². The van der Waals surface area contributed by atoms with Crippen LogP contribution in [-0.2, 0) is 9.53 Å². The van der Waals surface area contributed by atoms with Gasteiger partial charge >= 0.3 is 0 Å². The second-order valence-corrected chi connectivity index (χ2v) is 6.49. The van der Waals surface area contributed by atoms with Crippen LogP contribution in [-0.4, -0.2) is 46.9 Å². The predicted octanol–water partition coefficient (Wildman–Crippen LogP) is 3.55. The normalized spacial score (nSPS) is 14.5. The van der Waals surface area contributed by atoms with Gasteiger partial charge in [0.05, 0.1) is 24.6 Å². The number of nitrogens with zero attached hydrogens (tertiary/aromatic N) is 3. The summed E-state index contributed by atoms with van der Waals surface area (Å²) in [5, 5.41) is 4.67. The molecule has 0 bridgehead atoms. The number of carbonyl (C=O) groups excluding carboxylic acids is 1. The molecule has 1 amide bonds. The first-order valence-electron chi connectivity index (χ1n) is 9.16. The molecule has 5 nitrogen and oxygen atoms in total. The van der Waals surface area contributed by atoms with E-state index in [1.165, 1.54) is 12.1 Å². The summed E-state index contributed by atoms with van der Waals surface area (Å²) in [6.45, 7) is 2.31. The molecule has 0 saturated carbocycles. The molecule has 0 aliphatic carbocycles. The maximum atomic E-state index is 13.3. The molecule has 4 rings (SSSR count). The van der Waals surface area contributed by atoms with Gasteiger partial charge in [-0.3, -0.25) is 4.79 Å². The van der Waals surface area contributed by atoms with E-state index < -0.39 is 0 Å². The Labute approximate surface area is 162 Å². The second kappa shape index (κ2) is 8.19. The summed E-state index contributed by atoms with van der Waals surface area (Å²) >= 11 is 0. The lowest BCUT2D eigenvalue weighted by atomic mass is 10.1. The number of para-hydroxylation sites is 1. The van der Waals surface area contributed by atoms with Crippen molar-refractivity contribution in [1.29, 1.82) is 0 Å². The van der Waals surface area contributed by atoms with E-state index in [9.17, 15) is 9.18 Å². The topological polar surface area (TPSA) is 47.4 Å². The highest BCUT2D eigenvalue weighted by Gasteiger charge is 2.15. The zero-order valence-electron chi connectivity index (χ0n) is 15.3. The Kier molecular flexibility index (Phi) is 5.30. The van der Waals surface area contributed by atoms with E-state index >= 15 is 0 Å². The highest BCUT2D eigenvalue weighted by atomic mass is 19.1. The molecule has 0 atom stereocenters. The number of ether oxygens (including phenoxy) is 1. The Hall–Kier alpha value is -3.25. The van der Waals surface area contributed by atoms with E-state index in [0.29, 0.717) is 32.0 Å². The van der Waals surface area contributed by atoms with Crippen molar-refractivity contribution in [2.24, 2.45) is 0 Å². The molecule has 1 aliphatic rings. The van der Waals surface area contributed by atoms with Crippen LogP contribution in [0, 0.1) is 5.82 Å². The Morgan fingerprint density at radius 3 is 2.46 bits per heavy atom. The quantitative estimate of drug-likeness (QED) is 0.654. The molecule has 1 saturated heterocycles. The van der Waals surface area contributed by atoms with Gasteiger partial charge in [-0.2, -0.15) is 5.10 Å². The van der Waals surface area contributed by atoms with Crippen molar-refractivity contribution in [3.05, 3.63) is 78.3 Å². The molecule has 0 N–H and O–H groups in total. The highest BCUT2D eigenvalue weighted by Crippen LogP contribution is 2.25. The van der Waals surface area contributed by atoms with Gasteiger partial charge in [-0.05, 0) is 42.5 Å². The Morgan fingerprint density at radius 2 is 1.75 bits per heavy atom. The van der Waals surface area contributed by atoms with E-state index in [1.54, 1.807) is 33.9 Å². The molecule has 3 aromatic rings. The number of rotatable bonds is 4. The van der Waals surface area contributed by atoms with Gasteiger partial charge in [0.25, 0.3) is 0 Å². The van der Waals surface area contributed by atoms with Crippen LogP contribution in [0.25, 0.3) is 23.0 Å². The maximum Gasteiger partial charge on any atom is 0.246 e. The van der Waals surface area contributed by atoms with Crippen molar-refractivity contribution in [1.82, 2.24) is 14.7 Å². The Bertz CT molecular complexity index is 975. The number of hydrogen-bond donors (Lipinski definition) is 0. The largest absolute Gasteiger partial charge is 0.378 e. The molecule has 6 heteroatoms. The van der Waals surface area contributed by atoms with Crippen molar-refractivity contribution < 1.29 is 13.9 Å². The van der Waals surface area contributed by atoms with Crippen molar-refractivity contribution in [2.75, 3.05) is 26.3 Å². The van der Waals surface area contributed by atoms with Crippen LogP contribution < -0.4 is 0 Å². The monoisotopic (exact) mass is 377 g/mol. The summed E-state index contributed by atoms with van der Waals surface area (Å²) in [4.78, 5) is 14.2. The minimum Gasteiger partial charge on any atom is -0.378 e. The van der Waals surface area contributed by atoms with Crippen LogP contribution in [0.4, 0.5) is 4.39 Å². The SMILES string of the molecule is O=C(/C=C/c1cn(-c2ccccc2)nc1-c1ccc(F)cc1)N1CCOCC1. The number of hydrogen-bond acceptors (Lipinski definition) is 3. The first-order valence-corrected chi connectivity index (χ1v) is 9.16. The van der Waals surface area contributed by atoms with Crippen LogP contribution in [0.3, 0.4) is 0 Å². The second-order valence-electron chi connectivity index (χ2n) is 6.49. The van der Waals surface area contributed by atoms with Gasteiger partial charge in [0.15, 0.2) is 0 Å². The van der Waals surface area contributed by atoms with E-state index in [4.69, 9.17) is 4.74 Å². The van der Waals surface area contributed by atoms with Crippen molar-refractivity contribution in [3.63, 3.8) is 0 Å². The molecule has 1 fully saturated rings. The van der Waals surface area contributed by atoms with Crippen molar-refractivity contribution >= 4 is 12.0 Å². The summed E-state index contributed by atoms with van der Waals surface area (Å²) in [6.07, 6.45) is 5.20. The van der Waals surface area contributed by atoms with Gasteiger partial charge in [0.1, 0.15) is 5.82 Å². The van der Waals surface area contributed by atoms with E-state index in [1.807, 2.05) is 36.5 Å². The summed E-state index contributed by atoms with van der Waals surface area (Å²) in [6, 6.07) is 15.9. The lowest BCUT2D eigenvalue weighted by Gasteiger charge is -2.25. The standard InChI is InChI=1S/C22H20FN3O2/c23-19-9-6-17(7-10-19)22-18(8-11-21(27)25-12-14-28-15-13-25)16-26(24-22)20-4-2-1-3-5-20/h1-11,16H,12-15H2/b11-8+. The average Bonchev–Trinajstić information content (AvgIpc) is 3.18. The number of morpholine rings is 1. The zero-order chi connectivity index (χ0) is 19.3. The van der Waals surface area contributed by atoms with Gasteiger partial charge in [-0.1, -0.05) is 18.2 Å². The molecule has 1 aliphatic heterocycles. The van der Waals surface area contributed by atoms with E-state index in [0.717, 1.165) is 16.8 Å². The first-order chi connectivity index (χ1) is 13.7. The molecule has 2 heterocycles. The third-order valence-corrected chi connectivity index (χ3v) is 4.61. The fourth-order valence-electron chi connectivity index (χ4n) is 3.10. The van der Waals surface area contributed by atoms with Crippen LogP contribution in [0.15, 0.2) is 66.9 Å². The third-order valence-electron chi connectivity index (χ3n) is 4.61. The smallest absolute Gasteiger partial charge is 0.246 e. The van der Waals surface area contributed by atoms with Crippen LogP contribution >= 0.6 is 0 Å². The third kappa shape index (κ3) is 4.02. The number of amides is 1. The summed E-state index contributed by atoms with van der Waals surface area (Å²) in [5.74, 6) is -0.355. The predicted molar refractivity (Wildman–Crippen MR) is 105 cm³/mol. The highest BCUT2D eigenvalue weighted by molar-refractivity contribution is 5.93.